The van der Waals surface area contributed by atoms with Gasteiger partial charge in [0.05, 0.1) is 5.56 Å². The number of thiophene rings is 1. The topological polar surface area (TPSA) is 88.9 Å². The highest BCUT2D eigenvalue weighted by Gasteiger charge is 2.15. The summed E-state index contributed by atoms with van der Waals surface area (Å²) in [6, 6.07) is 0. The van der Waals surface area contributed by atoms with Crippen molar-refractivity contribution in [3.63, 3.8) is 0 Å². The van der Waals surface area contributed by atoms with E-state index in [1.165, 1.54) is 16.7 Å². The van der Waals surface area contributed by atoms with E-state index in [0.717, 1.165) is 0 Å². The monoisotopic (exact) mass is 222 g/mol. The SMILES string of the molecule is Cc1nnc(-c2cscc2C(=O)O)nn1. The van der Waals surface area contributed by atoms with Crippen LogP contribution >= 0.6 is 11.3 Å². The quantitative estimate of drug-likeness (QED) is 0.815. The van der Waals surface area contributed by atoms with Crippen LogP contribution in [0, 0.1) is 6.92 Å². The van der Waals surface area contributed by atoms with Crippen LogP contribution in [-0.4, -0.2) is 31.5 Å². The maximum Gasteiger partial charge on any atom is 0.337 e. The number of aromatic nitrogens is 4. The number of hydrogen-bond donors (Lipinski definition) is 1. The maximum absolute atomic E-state index is 10.8. The summed E-state index contributed by atoms with van der Waals surface area (Å²) in [7, 11) is 0. The second-order valence-corrected chi connectivity index (χ2v) is 3.52. The molecule has 0 atom stereocenters. The Kier molecular flexibility index (Phi) is 2.38. The van der Waals surface area contributed by atoms with E-state index >= 15 is 0 Å². The lowest BCUT2D eigenvalue weighted by molar-refractivity contribution is 0.0698. The second-order valence-electron chi connectivity index (χ2n) is 2.78. The summed E-state index contributed by atoms with van der Waals surface area (Å²) < 4.78 is 0. The van der Waals surface area contributed by atoms with Gasteiger partial charge in [-0.1, -0.05) is 0 Å². The molecule has 0 fully saturated rings. The summed E-state index contributed by atoms with van der Waals surface area (Å²) in [5.41, 5.74) is 0.625. The molecule has 2 rings (SSSR count). The van der Waals surface area contributed by atoms with Crippen molar-refractivity contribution in [1.82, 2.24) is 20.4 Å². The van der Waals surface area contributed by atoms with Crippen LogP contribution in [0.2, 0.25) is 0 Å². The van der Waals surface area contributed by atoms with E-state index in [9.17, 15) is 4.79 Å². The van der Waals surface area contributed by atoms with E-state index in [-0.39, 0.29) is 11.4 Å². The Morgan fingerprint density at radius 3 is 2.53 bits per heavy atom. The van der Waals surface area contributed by atoms with Crippen LogP contribution in [0.5, 0.6) is 0 Å². The van der Waals surface area contributed by atoms with Crippen molar-refractivity contribution < 1.29 is 9.90 Å². The highest BCUT2D eigenvalue weighted by molar-refractivity contribution is 7.08. The van der Waals surface area contributed by atoms with Gasteiger partial charge >= 0.3 is 5.97 Å². The zero-order valence-electron chi connectivity index (χ0n) is 7.71. The molecule has 0 aliphatic heterocycles. The molecule has 6 nitrogen and oxygen atoms in total. The van der Waals surface area contributed by atoms with Gasteiger partial charge in [-0.05, 0) is 6.92 Å². The third kappa shape index (κ3) is 1.82. The molecule has 0 aromatic carbocycles. The Morgan fingerprint density at radius 2 is 1.93 bits per heavy atom. The van der Waals surface area contributed by atoms with Crippen molar-refractivity contribution in [3.8, 4) is 11.4 Å². The largest absolute Gasteiger partial charge is 0.478 e. The minimum absolute atomic E-state index is 0.174. The van der Waals surface area contributed by atoms with Crippen molar-refractivity contribution in [1.29, 1.82) is 0 Å². The fraction of sp³-hybridized carbons (Fsp3) is 0.125. The average molecular weight is 222 g/mol. The molecule has 76 valence electrons. The number of nitrogens with zero attached hydrogens (tertiary/aromatic N) is 4. The average Bonchev–Trinajstić information content (AvgIpc) is 2.67. The number of aryl methyl sites for hydroxylation is 1. The maximum atomic E-state index is 10.8. The van der Waals surface area contributed by atoms with Gasteiger partial charge in [0.15, 0.2) is 5.82 Å². The first-order chi connectivity index (χ1) is 7.18. The van der Waals surface area contributed by atoms with Gasteiger partial charge in [0.25, 0.3) is 0 Å². The molecule has 0 radical (unpaired) electrons. The van der Waals surface area contributed by atoms with Crippen LogP contribution in [0.15, 0.2) is 10.8 Å². The third-order valence-corrected chi connectivity index (χ3v) is 2.46. The molecule has 2 aromatic rings. The first kappa shape index (κ1) is 9.66. The van der Waals surface area contributed by atoms with E-state index in [1.54, 1.807) is 12.3 Å². The summed E-state index contributed by atoms with van der Waals surface area (Å²) in [4.78, 5) is 10.8. The molecule has 0 spiro atoms. The molecule has 0 saturated carbocycles. The second kappa shape index (κ2) is 3.70. The predicted molar refractivity (Wildman–Crippen MR) is 52.6 cm³/mol. The van der Waals surface area contributed by atoms with Crippen molar-refractivity contribution in [3.05, 3.63) is 22.1 Å². The zero-order chi connectivity index (χ0) is 10.8. The highest BCUT2D eigenvalue weighted by atomic mass is 32.1. The number of carbonyl (C=O) groups is 1. The highest BCUT2D eigenvalue weighted by Crippen LogP contribution is 2.23. The molecule has 0 aliphatic carbocycles. The summed E-state index contributed by atoms with van der Waals surface area (Å²) in [5, 5.41) is 27.1. The minimum Gasteiger partial charge on any atom is -0.478 e. The lowest BCUT2D eigenvalue weighted by Crippen LogP contribution is -2.02. The van der Waals surface area contributed by atoms with Gasteiger partial charge in [-0.3, -0.25) is 0 Å². The molecular formula is C8H6N4O2S. The summed E-state index contributed by atoms with van der Waals surface area (Å²) in [6.45, 7) is 1.66. The number of carboxylic acids is 1. The smallest absolute Gasteiger partial charge is 0.337 e. The van der Waals surface area contributed by atoms with E-state index in [2.05, 4.69) is 20.4 Å². The number of rotatable bonds is 2. The Hall–Kier alpha value is -1.89. The molecule has 0 amide bonds. The number of carboxylic acid groups (broad SMARTS) is 1. The predicted octanol–water partition coefficient (Wildman–Crippen LogP) is 1.00. The van der Waals surface area contributed by atoms with E-state index < -0.39 is 5.97 Å². The standard InChI is InChI=1S/C8H6N4O2S/c1-4-9-11-7(12-10-4)5-2-15-3-6(5)8(13)14/h2-3H,1H3,(H,13,14). The van der Waals surface area contributed by atoms with Crippen molar-refractivity contribution in [2.24, 2.45) is 0 Å². The third-order valence-electron chi connectivity index (χ3n) is 1.71. The van der Waals surface area contributed by atoms with Crippen molar-refractivity contribution >= 4 is 17.3 Å². The van der Waals surface area contributed by atoms with Crippen LogP contribution < -0.4 is 0 Å². The van der Waals surface area contributed by atoms with Gasteiger partial charge in [0, 0.05) is 16.3 Å². The molecule has 0 saturated heterocycles. The Bertz CT molecular complexity index is 494. The van der Waals surface area contributed by atoms with Crippen LogP contribution in [0.3, 0.4) is 0 Å². The number of hydrogen-bond acceptors (Lipinski definition) is 6. The normalized spacial score (nSPS) is 10.2. The summed E-state index contributed by atoms with van der Waals surface area (Å²) in [5.74, 6) is -0.319. The van der Waals surface area contributed by atoms with Gasteiger partial charge in [-0.25, -0.2) is 4.79 Å². The van der Waals surface area contributed by atoms with Gasteiger partial charge in [-0.2, -0.15) is 11.3 Å². The molecule has 0 unspecified atom stereocenters. The molecule has 1 N–H and O–H groups in total. The van der Waals surface area contributed by atoms with Crippen molar-refractivity contribution in [2.75, 3.05) is 0 Å². The van der Waals surface area contributed by atoms with Gasteiger partial charge < -0.3 is 5.11 Å². The van der Waals surface area contributed by atoms with Crippen LogP contribution in [0.25, 0.3) is 11.4 Å². The Labute approximate surface area is 88.6 Å². The first-order valence-electron chi connectivity index (χ1n) is 4.02. The molecule has 2 aromatic heterocycles. The zero-order valence-corrected chi connectivity index (χ0v) is 8.52. The van der Waals surface area contributed by atoms with Gasteiger partial charge in [0.2, 0.25) is 5.82 Å². The lowest BCUT2D eigenvalue weighted by atomic mass is 10.2. The van der Waals surface area contributed by atoms with Crippen molar-refractivity contribution in [2.45, 2.75) is 6.92 Å². The minimum atomic E-state index is -1.00. The van der Waals surface area contributed by atoms with E-state index in [4.69, 9.17) is 5.11 Å². The molecular weight excluding hydrogens is 216 g/mol. The Morgan fingerprint density at radius 1 is 1.27 bits per heavy atom. The fourth-order valence-electron chi connectivity index (χ4n) is 1.02. The van der Waals surface area contributed by atoms with Crippen LogP contribution in [0.4, 0.5) is 0 Å². The van der Waals surface area contributed by atoms with E-state index in [1.807, 2.05) is 0 Å². The van der Waals surface area contributed by atoms with Crippen LogP contribution in [-0.2, 0) is 0 Å². The Balaban J connectivity index is 2.49. The molecule has 7 heteroatoms. The van der Waals surface area contributed by atoms with Gasteiger partial charge in [-0.15, -0.1) is 20.4 Å². The summed E-state index contributed by atoms with van der Waals surface area (Å²) >= 11 is 1.28. The molecule has 0 aliphatic rings. The first-order valence-corrected chi connectivity index (χ1v) is 4.96. The van der Waals surface area contributed by atoms with E-state index in [0.29, 0.717) is 11.4 Å². The molecule has 15 heavy (non-hydrogen) atoms. The van der Waals surface area contributed by atoms with Gasteiger partial charge in [0.1, 0.15) is 0 Å². The lowest BCUT2D eigenvalue weighted by Gasteiger charge is -1.96. The molecule has 0 bridgehead atoms. The number of aromatic carboxylic acids is 1. The summed E-state index contributed by atoms with van der Waals surface area (Å²) in [6.07, 6.45) is 0. The fourth-order valence-corrected chi connectivity index (χ4v) is 1.82. The molecule has 2 heterocycles. The van der Waals surface area contributed by atoms with Crippen LogP contribution in [0.1, 0.15) is 16.2 Å².